The second-order valence-electron chi connectivity index (χ2n) is 8.76. The summed E-state index contributed by atoms with van der Waals surface area (Å²) in [5.41, 5.74) is 0.746. The Kier molecular flexibility index (Phi) is 6.17. The van der Waals surface area contributed by atoms with Crippen LogP contribution in [0.3, 0.4) is 0 Å². The number of hydrogen-bond donors (Lipinski definition) is 2. The SMILES string of the molecule is O=C(Cn1c2c(sc1=O)[C@H](c1cccs1)C1C(=O)N(c3ccc(F)cc3)C(=O)C1S2)Nc1ccc(O)cc1. The molecule has 1 fully saturated rings. The zero-order valence-corrected chi connectivity index (χ0v) is 21.8. The Labute approximate surface area is 227 Å². The summed E-state index contributed by atoms with van der Waals surface area (Å²) in [6, 6.07) is 14.9. The average Bonchev–Trinajstić information content (AvgIpc) is 3.59. The number of aromatic nitrogens is 1. The number of halogens is 1. The molecule has 4 heterocycles. The van der Waals surface area contributed by atoms with Gasteiger partial charge in [-0.15, -0.1) is 11.3 Å². The summed E-state index contributed by atoms with van der Waals surface area (Å²) >= 11 is 3.52. The molecule has 0 radical (unpaired) electrons. The van der Waals surface area contributed by atoms with E-state index < -0.39 is 40.6 Å². The predicted octanol–water partition coefficient (Wildman–Crippen LogP) is 4.25. The van der Waals surface area contributed by atoms with Gasteiger partial charge in [0.1, 0.15) is 23.4 Å². The van der Waals surface area contributed by atoms with E-state index in [0.717, 1.165) is 32.9 Å². The number of carbonyl (C=O) groups is 3. The van der Waals surface area contributed by atoms with Gasteiger partial charge in [-0.2, -0.15) is 0 Å². The summed E-state index contributed by atoms with van der Waals surface area (Å²) in [6.07, 6.45) is 0. The quantitative estimate of drug-likeness (QED) is 0.276. The van der Waals surface area contributed by atoms with Gasteiger partial charge < -0.3 is 10.4 Å². The van der Waals surface area contributed by atoms with Crippen molar-refractivity contribution in [3.05, 3.63) is 91.3 Å². The van der Waals surface area contributed by atoms with E-state index in [-0.39, 0.29) is 22.9 Å². The van der Waals surface area contributed by atoms with Crippen LogP contribution in [0.2, 0.25) is 0 Å². The molecular weight excluding hydrogens is 550 g/mol. The van der Waals surface area contributed by atoms with Crippen LogP contribution in [-0.2, 0) is 20.9 Å². The number of phenolic OH excluding ortho intramolecular Hbond substituents is 1. The van der Waals surface area contributed by atoms with Crippen molar-refractivity contribution in [3.8, 4) is 5.75 Å². The summed E-state index contributed by atoms with van der Waals surface area (Å²) < 4.78 is 14.9. The van der Waals surface area contributed by atoms with E-state index in [1.807, 2.05) is 17.5 Å². The number of thioether (sulfide) groups is 1. The Hall–Kier alpha value is -3.74. The topological polar surface area (TPSA) is 109 Å². The molecule has 6 rings (SSSR count). The minimum absolute atomic E-state index is 0.0576. The molecule has 2 aromatic heterocycles. The first kappa shape index (κ1) is 24.6. The lowest BCUT2D eigenvalue weighted by Gasteiger charge is -2.29. The number of aromatic hydroxyl groups is 1. The van der Waals surface area contributed by atoms with Crippen LogP contribution in [0, 0.1) is 11.7 Å². The van der Waals surface area contributed by atoms with Crippen LogP contribution >= 0.6 is 34.4 Å². The second-order valence-corrected chi connectivity index (χ2v) is 11.9. The molecule has 192 valence electrons. The standard InChI is InChI=1S/C26H18FN3O5S3/c27-13-3-7-15(8-4-13)30-23(33)20-19(17-2-1-11-36-17)22-25(37-21(20)24(30)34)29(26(35)38-22)12-18(32)28-14-5-9-16(31)10-6-14/h1-11,19-21,31H,12H2,(H,28,32)/t19-,20?,21?/m1/s1. The van der Waals surface area contributed by atoms with E-state index in [0.29, 0.717) is 15.6 Å². The van der Waals surface area contributed by atoms with Crippen molar-refractivity contribution < 1.29 is 23.9 Å². The Bertz CT molecular complexity index is 1610. The normalized spacial score (nSPS) is 20.3. The maximum absolute atomic E-state index is 13.7. The average molecular weight is 568 g/mol. The number of thiazole rings is 1. The molecule has 2 aliphatic rings. The number of benzene rings is 2. The number of nitrogens with one attached hydrogen (secondary N) is 1. The van der Waals surface area contributed by atoms with E-state index in [2.05, 4.69) is 5.32 Å². The van der Waals surface area contributed by atoms with E-state index in [1.54, 1.807) is 0 Å². The minimum Gasteiger partial charge on any atom is -0.508 e. The van der Waals surface area contributed by atoms with Crippen molar-refractivity contribution in [1.29, 1.82) is 0 Å². The van der Waals surface area contributed by atoms with Gasteiger partial charge in [-0.05, 0) is 60.0 Å². The second kappa shape index (κ2) is 9.53. The fourth-order valence-electron chi connectivity index (χ4n) is 4.76. The van der Waals surface area contributed by atoms with Crippen LogP contribution in [0.1, 0.15) is 15.7 Å². The molecule has 12 heteroatoms. The van der Waals surface area contributed by atoms with Gasteiger partial charge in [-0.25, -0.2) is 9.29 Å². The summed E-state index contributed by atoms with van der Waals surface area (Å²) in [6.45, 7) is -0.281. The summed E-state index contributed by atoms with van der Waals surface area (Å²) in [5, 5.41) is 13.7. The number of thiophene rings is 1. The van der Waals surface area contributed by atoms with Crippen molar-refractivity contribution in [2.45, 2.75) is 22.7 Å². The first-order valence-electron chi connectivity index (χ1n) is 11.5. The largest absolute Gasteiger partial charge is 0.508 e. The maximum atomic E-state index is 13.7. The predicted molar refractivity (Wildman–Crippen MR) is 144 cm³/mol. The third kappa shape index (κ3) is 4.14. The van der Waals surface area contributed by atoms with Gasteiger partial charge in [0.05, 0.1) is 16.6 Å². The molecule has 0 spiro atoms. The fourth-order valence-corrected chi connectivity index (χ4v) is 8.48. The van der Waals surface area contributed by atoms with E-state index >= 15 is 0 Å². The molecule has 2 aliphatic heterocycles. The summed E-state index contributed by atoms with van der Waals surface area (Å²) in [4.78, 5) is 55.4. The van der Waals surface area contributed by atoms with Crippen LogP contribution in [-0.4, -0.2) is 32.6 Å². The van der Waals surface area contributed by atoms with Crippen molar-refractivity contribution in [2.75, 3.05) is 10.2 Å². The lowest BCUT2D eigenvalue weighted by Crippen LogP contribution is -2.32. The number of anilines is 2. The van der Waals surface area contributed by atoms with Gasteiger partial charge in [0, 0.05) is 21.4 Å². The van der Waals surface area contributed by atoms with Crippen LogP contribution in [0.15, 0.2) is 75.9 Å². The van der Waals surface area contributed by atoms with Crippen LogP contribution in [0.5, 0.6) is 5.75 Å². The first-order chi connectivity index (χ1) is 18.3. The van der Waals surface area contributed by atoms with Gasteiger partial charge in [-0.3, -0.25) is 23.7 Å². The third-order valence-electron chi connectivity index (χ3n) is 6.44. The Balaban J connectivity index is 1.38. The molecule has 2 N–H and O–H groups in total. The Morgan fingerprint density at radius 2 is 1.74 bits per heavy atom. The highest BCUT2D eigenvalue weighted by Crippen LogP contribution is 2.54. The zero-order valence-electron chi connectivity index (χ0n) is 19.4. The minimum atomic E-state index is -0.812. The molecule has 4 aromatic rings. The molecule has 2 aromatic carbocycles. The van der Waals surface area contributed by atoms with E-state index in [4.69, 9.17) is 0 Å². The number of imide groups is 1. The molecule has 3 amide bonds. The van der Waals surface area contributed by atoms with E-state index in [9.17, 15) is 28.7 Å². The molecule has 0 aliphatic carbocycles. The molecule has 38 heavy (non-hydrogen) atoms. The number of carbonyl (C=O) groups excluding carboxylic acids is 3. The van der Waals surface area contributed by atoms with Crippen molar-refractivity contribution >= 4 is 63.5 Å². The molecule has 0 bridgehead atoms. The number of phenols is 1. The number of fused-ring (bicyclic) bond motifs is 2. The van der Waals surface area contributed by atoms with Crippen LogP contribution < -0.4 is 15.1 Å². The summed E-state index contributed by atoms with van der Waals surface area (Å²) in [5.74, 6) is -2.99. The Morgan fingerprint density at radius 3 is 2.42 bits per heavy atom. The van der Waals surface area contributed by atoms with Gasteiger partial charge >= 0.3 is 4.87 Å². The van der Waals surface area contributed by atoms with Crippen LogP contribution in [0.4, 0.5) is 15.8 Å². The number of rotatable bonds is 5. The lowest BCUT2D eigenvalue weighted by atomic mass is 9.87. The van der Waals surface area contributed by atoms with Crippen molar-refractivity contribution in [1.82, 2.24) is 4.57 Å². The molecule has 0 saturated carbocycles. The maximum Gasteiger partial charge on any atom is 0.308 e. The molecular formula is C26H18FN3O5S3. The van der Waals surface area contributed by atoms with Gasteiger partial charge in [0.25, 0.3) is 0 Å². The fraction of sp³-hybridized carbons (Fsp3) is 0.154. The van der Waals surface area contributed by atoms with Crippen LogP contribution in [0.25, 0.3) is 0 Å². The summed E-state index contributed by atoms with van der Waals surface area (Å²) in [7, 11) is 0. The van der Waals surface area contributed by atoms with Crippen molar-refractivity contribution in [3.63, 3.8) is 0 Å². The number of nitrogens with zero attached hydrogens (tertiary/aromatic N) is 2. The smallest absolute Gasteiger partial charge is 0.308 e. The van der Waals surface area contributed by atoms with Gasteiger partial charge in [0.15, 0.2) is 0 Å². The molecule has 2 unspecified atom stereocenters. The molecule has 1 saturated heterocycles. The van der Waals surface area contributed by atoms with Crippen molar-refractivity contribution in [2.24, 2.45) is 5.92 Å². The highest BCUT2D eigenvalue weighted by molar-refractivity contribution is 8.00. The molecule has 8 nitrogen and oxygen atoms in total. The first-order valence-corrected chi connectivity index (χ1v) is 14.1. The highest BCUT2D eigenvalue weighted by atomic mass is 32.2. The Morgan fingerprint density at radius 1 is 1.00 bits per heavy atom. The number of hydrogen-bond acceptors (Lipinski definition) is 8. The van der Waals surface area contributed by atoms with Gasteiger partial charge in [-0.1, -0.05) is 29.2 Å². The monoisotopic (exact) mass is 567 g/mol. The van der Waals surface area contributed by atoms with E-state index in [1.165, 1.54) is 64.4 Å². The van der Waals surface area contributed by atoms with Gasteiger partial charge in [0.2, 0.25) is 17.7 Å². The molecule has 3 atom stereocenters. The number of amides is 3. The third-order valence-corrected chi connectivity index (χ3v) is 10.00. The lowest BCUT2D eigenvalue weighted by molar-refractivity contribution is -0.122. The highest BCUT2D eigenvalue weighted by Gasteiger charge is 2.57. The zero-order chi connectivity index (χ0) is 26.6.